The monoisotopic (exact) mass is 246 g/mol. The van der Waals surface area contributed by atoms with Crippen molar-refractivity contribution in [2.45, 2.75) is 18.9 Å². The highest BCUT2D eigenvalue weighted by atomic mass is 35.5. The van der Waals surface area contributed by atoms with Crippen LogP contribution < -0.4 is 5.32 Å². The molecule has 1 aliphatic rings. The second-order valence-electron chi connectivity index (χ2n) is 3.61. The maximum Gasteiger partial charge on any atom is 0.277 e. The molecule has 0 bridgehead atoms. The molecule has 0 amide bonds. The van der Waals surface area contributed by atoms with E-state index < -0.39 is 10.7 Å². The van der Waals surface area contributed by atoms with Crippen LogP contribution in [0.15, 0.2) is 18.2 Å². The maximum atomic E-state index is 12.9. The topological polar surface area (TPSA) is 55.2 Å². The summed E-state index contributed by atoms with van der Waals surface area (Å²) in [6, 6.07) is 3.74. The lowest BCUT2D eigenvalue weighted by molar-refractivity contribution is -0.386. The summed E-state index contributed by atoms with van der Waals surface area (Å²) in [5.41, 5.74) is 0.452. The van der Waals surface area contributed by atoms with Gasteiger partial charge in [-0.05, 0) is 31.5 Å². The van der Waals surface area contributed by atoms with E-state index in [-0.39, 0.29) is 24.1 Å². The van der Waals surface area contributed by atoms with Crippen LogP contribution in [-0.2, 0) is 0 Å². The summed E-state index contributed by atoms with van der Waals surface area (Å²) in [5, 5.41) is 13.9. The molecule has 1 aliphatic heterocycles. The summed E-state index contributed by atoms with van der Waals surface area (Å²) in [4.78, 5) is 10.2. The van der Waals surface area contributed by atoms with E-state index in [1.807, 2.05) is 0 Å². The average molecular weight is 247 g/mol. The largest absolute Gasteiger partial charge is 0.310 e. The molecule has 0 radical (unpaired) electrons. The van der Waals surface area contributed by atoms with E-state index >= 15 is 0 Å². The zero-order valence-corrected chi connectivity index (χ0v) is 9.30. The third-order valence-electron chi connectivity index (χ3n) is 2.62. The van der Waals surface area contributed by atoms with Crippen LogP contribution in [-0.4, -0.2) is 11.5 Å². The van der Waals surface area contributed by atoms with Gasteiger partial charge in [0.05, 0.1) is 11.0 Å². The standard InChI is InChI=1S/C10H11FN2O2.ClH/c11-7-3-4-8(9-2-1-5-12-9)10(6-7)13(14)15;/h3-4,6,9,12H,1-2,5H2;1H/t9-;/m1./s1. The normalized spacial score (nSPS) is 19.2. The molecule has 1 aromatic rings. The van der Waals surface area contributed by atoms with Crippen molar-refractivity contribution >= 4 is 18.1 Å². The molecule has 4 nitrogen and oxygen atoms in total. The number of rotatable bonds is 2. The summed E-state index contributed by atoms with van der Waals surface area (Å²) in [5.74, 6) is -0.566. The predicted molar refractivity (Wildman–Crippen MR) is 60.3 cm³/mol. The molecule has 1 N–H and O–H groups in total. The van der Waals surface area contributed by atoms with Gasteiger partial charge in [0.15, 0.2) is 0 Å². The lowest BCUT2D eigenvalue weighted by Crippen LogP contribution is -2.14. The van der Waals surface area contributed by atoms with Crippen LogP contribution in [0.25, 0.3) is 0 Å². The maximum absolute atomic E-state index is 12.9. The van der Waals surface area contributed by atoms with E-state index in [1.165, 1.54) is 12.1 Å². The summed E-state index contributed by atoms with van der Waals surface area (Å²) >= 11 is 0. The number of benzene rings is 1. The molecule has 1 heterocycles. The Morgan fingerprint density at radius 3 is 2.81 bits per heavy atom. The first-order valence-electron chi connectivity index (χ1n) is 4.85. The van der Waals surface area contributed by atoms with Gasteiger partial charge in [-0.1, -0.05) is 0 Å². The van der Waals surface area contributed by atoms with Crippen LogP contribution in [0.5, 0.6) is 0 Å². The van der Waals surface area contributed by atoms with Crippen LogP contribution in [0.4, 0.5) is 10.1 Å². The lowest BCUT2D eigenvalue weighted by Gasteiger charge is -2.10. The molecule has 6 heteroatoms. The predicted octanol–water partition coefficient (Wildman–Crippen LogP) is 2.58. The number of hydrogen-bond acceptors (Lipinski definition) is 3. The van der Waals surface area contributed by atoms with Crippen LogP contribution in [0.1, 0.15) is 24.4 Å². The van der Waals surface area contributed by atoms with Gasteiger partial charge in [0.1, 0.15) is 5.82 Å². The van der Waals surface area contributed by atoms with Crippen molar-refractivity contribution < 1.29 is 9.31 Å². The Bertz CT molecular complexity index is 394. The Morgan fingerprint density at radius 1 is 1.50 bits per heavy atom. The minimum Gasteiger partial charge on any atom is -0.310 e. The summed E-state index contributed by atoms with van der Waals surface area (Å²) in [7, 11) is 0. The summed E-state index contributed by atoms with van der Waals surface area (Å²) in [6.07, 6.45) is 1.87. The molecule has 1 fully saturated rings. The van der Waals surface area contributed by atoms with Crippen LogP contribution in [0.3, 0.4) is 0 Å². The third-order valence-corrected chi connectivity index (χ3v) is 2.62. The fourth-order valence-electron chi connectivity index (χ4n) is 1.92. The van der Waals surface area contributed by atoms with E-state index in [4.69, 9.17) is 0 Å². The van der Waals surface area contributed by atoms with Gasteiger partial charge in [0.25, 0.3) is 5.69 Å². The van der Waals surface area contributed by atoms with E-state index in [0.717, 1.165) is 25.5 Å². The molecule has 1 saturated heterocycles. The van der Waals surface area contributed by atoms with Gasteiger partial charge < -0.3 is 5.32 Å². The van der Waals surface area contributed by atoms with E-state index in [0.29, 0.717) is 5.56 Å². The summed E-state index contributed by atoms with van der Waals surface area (Å²) in [6.45, 7) is 0.860. The van der Waals surface area contributed by atoms with Crippen LogP contribution in [0, 0.1) is 15.9 Å². The van der Waals surface area contributed by atoms with Gasteiger partial charge in [-0.15, -0.1) is 12.4 Å². The van der Waals surface area contributed by atoms with Crippen molar-refractivity contribution in [2.24, 2.45) is 0 Å². The molecular formula is C10H12ClFN2O2. The van der Waals surface area contributed by atoms with Gasteiger partial charge >= 0.3 is 0 Å². The number of nitro groups is 1. The molecule has 1 aromatic carbocycles. The fraction of sp³-hybridized carbons (Fsp3) is 0.400. The Morgan fingerprint density at radius 2 is 2.25 bits per heavy atom. The SMILES string of the molecule is Cl.O=[N+]([O-])c1cc(F)ccc1[C@H]1CCCN1. The molecule has 2 rings (SSSR count). The quantitative estimate of drug-likeness (QED) is 0.645. The molecule has 0 aromatic heterocycles. The Balaban J connectivity index is 0.00000128. The highest BCUT2D eigenvalue weighted by molar-refractivity contribution is 5.85. The minimum absolute atomic E-state index is 0. The number of nitrogens with zero attached hydrogens (tertiary/aromatic N) is 1. The second kappa shape index (κ2) is 5.23. The molecule has 1 atom stereocenters. The van der Waals surface area contributed by atoms with E-state index in [9.17, 15) is 14.5 Å². The first-order chi connectivity index (χ1) is 7.18. The Hall–Kier alpha value is -1.20. The highest BCUT2D eigenvalue weighted by Gasteiger charge is 2.24. The van der Waals surface area contributed by atoms with Gasteiger partial charge in [0, 0.05) is 11.6 Å². The molecule has 0 spiro atoms. The highest BCUT2D eigenvalue weighted by Crippen LogP contribution is 2.30. The number of nitrogens with one attached hydrogen (secondary N) is 1. The van der Waals surface area contributed by atoms with Gasteiger partial charge in [-0.2, -0.15) is 0 Å². The molecular weight excluding hydrogens is 235 g/mol. The number of hydrogen-bond donors (Lipinski definition) is 1. The van der Waals surface area contributed by atoms with Gasteiger partial charge in [0.2, 0.25) is 0 Å². The van der Waals surface area contributed by atoms with Crippen molar-refractivity contribution in [3.63, 3.8) is 0 Å². The Labute approximate surface area is 98.4 Å². The van der Waals surface area contributed by atoms with Crippen molar-refractivity contribution in [3.05, 3.63) is 39.7 Å². The molecule has 88 valence electrons. The van der Waals surface area contributed by atoms with E-state index in [2.05, 4.69) is 5.32 Å². The molecule has 0 aliphatic carbocycles. The zero-order chi connectivity index (χ0) is 10.8. The van der Waals surface area contributed by atoms with Crippen molar-refractivity contribution in [1.82, 2.24) is 5.32 Å². The number of nitro benzene ring substituents is 1. The average Bonchev–Trinajstić information content (AvgIpc) is 2.70. The molecule has 0 saturated carbocycles. The van der Waals surface area contributed by atoms with Gasteiger partial charge in [-0.3, -0.25) is 10.1 Å². The molecule has 16 heavy (non-hydrogen) atoms. The lowest BCUT2D eigenvalue weighted by atomic mass is 10.0. The fourth-order valence-corrected chi connectivity index (χ4v) is 1.92. The smallest absolute Gasteiger partial charge is 0.277 e. The Kier molecular flexibility index (Phi) is 4.20. The first-order valence-corrected chi connectivity index (χ1v) is 4.85. The van der Waals surface area contributed by atoms with Crippen molar-refractivity contribution in [3.8, 4) is 0 Å². The second-order valence-corrected chi connectivity index (χ2v) is 3.61. The van der Waals surface area contributed by atoms with Crippen LogP contribution in [0.2, 0.25) is 0 Å². The number of halogens is 2. The summed E-state index contributed by atoms with van der Waals surface area (Å²) < 4.78 is 12.9. The van der Waals surface area contributed by atoms with E-state index in [1.54, 1.807) is 0 Å². The van der Waals surface area contributed by atoms with Crippen molar-refractivity contribution in [1.29, 1.82) is 0 Å². The zero-order valence-electron chi connectivity index (χ0n) is 8.48. The van der Waals surface area contributed by atoms with Gasteiger partial charge in [-0.25, -0.2) is 4.39 Å². The van der Waals surface area contributed by atoms with Crippen molar-refractivity contribution in [2.75, 3.05) is 6.54 Å². The third kappa shape index (κ3) is 2.48. The molecule has 0 unspecified atom stereocenters. The minimum atomic E-state index is -0.566. The van der Waals surface area contributed by atoms with Crippen LogP contribution >= 0.6 is 12.4 Å². The first kappa shape index (κ1) is 12.9.